The summed E-state index contributed by atoms with van der Waals surface area (Å²) in [5.41, 5.74) is 9.89. The van der Waals surface area contributed by atoms with Gasteiger partial charge >= 0.3 is 0 Å². The number of nitrogens with one attached hydrogen (secondary N) is 1. The Kier molecular flexibility index (Phi) is 31.6. The molecular formula is C53H91FN2. The van der Waals surface area contributed by atoms with Crippen LogP contribution in [0.15, 0.2) is 76.5 Å². The van der Waals surface area contributed by atoms with Crippen molar-refractivity contribution in [1.29, 1.82) is 0 Å². The molecule has 1 N–H and O–H groups in total. The molecule has 2 aliphatic carbocycles. The molecule has 0 aromatic heterocycles. The first kappa shape index (κ1) is 57.2. The van der Waals surface area contributed by atoms with E-state index in [1.54, 1.807) is 6.21 Å². The first-order valence-corrected chi connectivity index (χ1v) is 22.1. The average molecular weight is 775 g/mol. The minimum absolute atomic E-state index is 0.0629. The van der Waals surface area contributed by atoms with Crippen molar-refractivity contribution in [1.82, 2.24) is 5.32 Å². The fourth-order valence-electron chi connectivity index (χ4n) is 7.39. The summed E-state index contributed by atoms with van der Waals surface area (Å²) in [6, 6.07) is 6.71. The van der Waals surface area contributed by atoms with Gasteiger partial charge < -0.3 is 5.32 Å². The van der Waals surface area contributed by atoms with Crippen molar-refractivity contribution in [3.63, 3.8) is 0 Å². The molecule has 0 radical (unpaired) electrons. The normalized spacial score (nSPS) is 18.1. The Morgan fingerprint density at radius 2 is 1.46 bits per heavy atom. The molecule has 2 nitrogen and oxygen atoms in total. The zero-order valence-electron chi connectivity index (χ0n) is 40.3. The summed E-state index contributed by atoms with van der Waals surface area (Å²) in [5, 5.41) is 3.27. The van der Waals surface area contributed by atoms with Gasteiger partial charge in [-0.25, -0.2) is 4.39 Å². The average Bonchev–Trinajstić information content (AvgIpc) is 3.15. The summed E-state index contributed by atoms with van der Waals surface area (Å²) < 4.78 is 14.0. The third kappa shape index (κ3) is 20.9. The van der Waals surface area contributed by atoms with E-state index in [4.69, 9.17) is 0 Å². The van der Waals surface area contributed by atoms with Crippen molar-refractivity contribution in [2.75, 3.05) is 0 Å². The standard InChI is InChI=1S/C32H45FN2.C8H18.C6H12.C3H8.C2H6.C2H2/c1-11-34-30(25(8)27(10)35-31(21(2)3)26(9)33)20-23(6)28-15-16-29(24(7)19-28)32(22(4)5)17-13-12-14-18-32;1-5-7-8(3,4)6-2;1-5-3-6(2)4-5;1-3-2;2*1-2/h11,15-16,19-21,35H,4,6,12-14,17-18H2,1-3,5,7-10H3;5-7H2,1-4H3;5-6H,3-4H2,1-2H3;3H2,1-2H3;1-2H3;1-2H/b27-25+,30-20+,31-26-,34-11?;;;;;. The van der Waals surface area contributed by atoms with Crippen LogP contribution in [0.2, 0.25) is 0 Å². The lowest BCUT2D eigenvalue weighted by Crippen LogP contribution is -2.31. The molecule has 3 rings (SSSR count). The number of hydrogen-bond acceptors (Lipinski definition) is 2. The third-order valence-electron chi connectivity index (χ3n) is 10.9. The number of benzene rings is 1. The molecule has 0 unspecified atom stereocenters. The number of hydrogen-bond donors (Lipinski definition) is 1. The molecule has 56 heavy (non-hydrogen) atoms. The second-order valence-electron chi connectivity index (χ2n) is 17.0. The SMILES string of the molecule is C#C.C=C(/C=C(N=CC)\C(C)=C(/C)N/C(=C(/C)F)C(C)C)c1ccc(C2(C(=C)C)CCCCC2)c(C)c1.CC.CC1CC(C)C1.CCC.CCCC(C)(C)CC. The molecule has 0 atom stereocenters. The van der Waals surface area contributed by atoms with Crippen LogP contribution in [-0.4, -0.2) is 6.21 Å². The quantitative estimate of drug-likeness (QED) is 0.0972. The summed E-state index contributed by atoms with van der Waals surface area (Å²) in [6.07, 6.45) is 26.2. The fraction of sp³-hybridized carbons (Fsp3) is 0.642. The van der Waals surface area contributed by atoms with E-state index in [-0.39, 0.29) is 17.2 Å². The van der Waals surface area contributed by atoms with Gasteiger partial charge in [-0.2, -0.15) is 0 Å². The predicted molar refractivity (Wildman–Crippen MR) is 256 cm³/mol. The molecule has 1 aromatic carbocycles. The topological polar surface area (TPSA) is 24.4 Å². The maximum Gasteiger partial charge on any atom is 0.116 e. The Labute approximate surface area is 350 Å². The number of allylic oxidation sites excluding steroid dienone is 7. The smallest absolute Gasteiger partial charge is 0.116 e. The minimum atomic E-state index is -0.192. The van der Waals surface area contributed by atoms with E-state index >= 15 is 0 Å². The first-order chi connectivity index (χ1) is 26.3. The molecule has 3 heteroatoms. The Morgan fingerprint density at radius 1 is 0.964 bits per heavy atom. The Hall–Kier alpha value is -3.12. The Morgan fingerprint density at radius 3 is 1.79 bits per heavy atom. The molecule has 2 aliphatic rings. The number of nitrogens with zero attached hydrogens (tertiary/aromatic N) is 1. The van der Waals surface area contributed by atoms with Crippen LogP contribution in [0.4, 0.5) is 4.39 Å². The fourth-order valence-corrected chi connectivity index (χ4v) is 7.39. The lowest BCUT2D eigenvalue weighted by atomic mass is 9.64. The van der Waals surface area contributed by atoms with Crippen molar-refractivity contribution in [2.24, 2.45) is 28.2 Å². The summed E-state index contributed by atoms with van der Waals surface area (Å²) in [5.74, 6) is 1.95. The van der Waals surface area contributed by atoms with Gasteiger partial charge in [0.05, 0.1) is 5.70 Å². The second kappa shape index (κ2) is 30.9. The van der Waals surface area contributed by atoms with Crippen LogP contribution in [0.1, 0.15) is 205 Å². The zero-order chi connectivity index (χ0) is 44.2. The van der Waals surface area contributed by atoms with Crippen LogP contribution >= 0.6 is 0 Å². The van der Waals surface area contributed by atoms with E-state index < -0.39 is 0 Å². The van der Waals surface area contributed by atoms with Crippen molar-refractivity contribution in [3.05, 3.63) is 88.2 Å². The Balaban J connectivity index is -0.00000109. The molecule has 320 valence electrons. The highest BCUT2D eigenvalue weighted by atomic mass is 19.1. The van der Waals surface area contributed by atoms with E-state index in [1.165, 1.54) is 94.3 Å². The summed E-state index contributed by atoms with van der Waals surface area (Å²) in [6.45, 7) is 46.5. The molecule has 1 aromatic rings. The monoisotopic (exact) mass is 775 g/mol. The van der Waals surface area contributed by atoms with Crippen LogP contribution in [-0.2, 0) is 5.41 Å². The van der Waals surface area contributed by atoms with Crippen LogP contribution in [0, 0.1) is 42.9 Å². The van der Waals surface area contributed by atoms with Gasteiger partial charge in [0.25, 0.3) is 0 Å². The van der Waals surface area contributed by atoms with Crippen molar-refractivity contribution in [2.45, 2.75) is 201 Å². The number of rotatable bonds is 12. The molecule has 2 fully saturated rings. The lowest BCUT2D eigenvalue weighted by Gasteiger charge is -2.40. The highest BCUT2D eigenvalue weighted by Crippen LogP contribution is 2.46. The molecular weight excluding hydrogens is 684 g/mol. The van der Waals surface area contributed by atoms with E-state index in [2.05, 4.69) is 124 Å². The van der Waals surface area contributed by atoms with Gasteiger partial charge in [0, 0.05) is 23.0 Å². The lowest BCUT2D eigenvalue weighted by molar-refractivity contribution is 0.233. The van der Waals surface area contributed by atoms with Crippen LogP contribution in [0.5, 0.6) is 0 Å². The molecule has 0 saturated heterocycles. The molecule has 0 heterocycles. The van der Waals surface area contributed by atoms with Crippen LogP contribution in [0.25, 0.3) is 5.57 Å². The molecule has 2 saturated carbocycles. The first-order valence-electron chi connectivity index (χ1n) is 22.1. The summed E-state index contributed by atoms with van der Waals surface area (Å²) >= 11 is 0. The van der Waals surface area contributed by atoms with Gasteiger partial charge in [-0.1, -0.05) is 159 Å². The van der Waals surface area contributed by atoms with Gasteiger partial charge in [0.15, 0.2) is 0 Å². The highest BCUT2D eigenvalue weighted by molar-refractivity contribution is 5.75. The van der Waals surface area contributed by atoms with E-state index in [0.717, 1.165) is 39.9 Å². The van der Waals surface area contributed by atoms with Gasteiger partial charge in [-0.05, 0) is 131 Å². The van der Waals surface area contributed by atoms with E-state index in [0.29, 0.717) is 11.1 Å². The van der Waals surface area contributed by atoms with Crippen LogP contribution < -0.4 is 5.32 Å². The largest absolute Gasteiger partial charge is 0.360 e. The molecule has 0 amide bonds. The molecule has 0 spiro atoms. The van der Waals surface area contributed by atoms with Crippen molar-refractivity contribution >= 4 is 11.8 Å². The molecule has 0 bridgehead atoms. The maximum atomic E-state index is 14.0. The van der Waals surface area contributed by atoms with Gasteiger partial charge in [0.1, 0.15) is 5.83 Å². The van der Waals surface area contributed by atoms with Gasteiger partial charge in [-0.15, -0.1) is 12.8 Å². The second-order valence-corrected chi connectivity index (χ2v) is 17.0. The predicted octanol–water partition coefficient (Wildman–Crippen LogP) is 17.5. The number of aliphatic imine (C=N–C) groups is 1. The van der Waals surface area contributed by atoms with E-state index in [9.17, 15) is 4.39 Å². The summed E-state index contributed by atoms with van der Waals surface area (Å²) in [4.78, 5) is 4.61. The van der Waals surface area contributed by atoms with Crippen molar-refractivity contribution < 1.29 is 4.39 Å². The number of aryl methyl sites for hydroxylation is 1. The summed E-state index contributed by atoms with van der Waals surface area (Å²) in [7, 11) is 0. The number of terminal acetylenes is 1. The third-order valence-corrected chi connectivity index (χ3v) is 10.9. The highest BCUT2D eigenvalue weighted by Gasteiger charge is 2.35. The maximum absolute atomic E-state index is 14.0. The van der Waals surface area contributed by atoms with E-state index in [1.807, 2.05) is 54.5 Å². The minimum Gasteiger partial charge on any atom is -0.360 e. The van der Waals surface area contributed by atoms with Crippen LogP contribution in [0.3, 0.4) is 0 Å². The van der Waals surface area contributed by atoms with Crippen molar-refractivity contribution in [3.8, 4) is 12.8 Å². The molecule has 0 aliphatic heterocycles. The Bertz CT molecular complexity index is 1390. The van der Waals surface area contributed by atoms with Gasteiger partial charge in [-0.3, -0.25) is 4.99 Å². The zero-order valence-corrected chi connectivity index (χ0v) is 40.3. The van der Waals surface area contributed by atoms with Gasteiger partial charge in [0.2, 0.25) is 0 Å². The number of halogens is 1.